The topological polar surface area (TPSA) is 20.2 Å². The van der Waals surface area contributed by atoms with Crippen molar-refractivity contribution in [1.82, 2.24) is 0 Å². The summed E-state index contributed by atoms with van der Waals surface area (Å²) >= 11 is 0. The highest BCUT2D eigenvalue weighted by molar-refractivity contribution is 5.07. The predicted molar refractivity (Wildman–Crippen MR) is 47.4 cm³/mol. The van der Waals surface area contributed by atoms with Gasteiger partial charge in [0, 0.05) is 0 Å². The van der Waals surface area contributed by atoms with Crippen molar-refractivity contribution in [2.45, 2.75) is 45.6 Å². The van der Waals surface area contributed by atoms with Gasteiger partial charge in [0.2, 0.25) is 0 Å². The van der Waals surface area contributed by atoms with E-state index in [1.165, 1.54) is 6.42 Å². The molecule has 1 aliphatic rings. The maximum absolute atomic E-state index is 9.22. The van der Waals surface area contributed by atoms with Gasteiger partial charge in [-0.1, -0.05) is 25.5 Å². The van der Waals surface area contributed by atoms with Gasteiger partial charge in [0.25, 0.3) is 0 Å². The van der Waals surface area contributed by atoms with Crippen molar-refractivity contribution >= 4 is 0 Å². The number of allylic oxidation sites excluding steroid dienone is 1. The summed E-state index contributed by atoms with van der Waals surface area (Å²) in [6.45, 7) is 4.48. The fourth-order valence-corrected chi connectivity index (χ4v) is 1.58. The molecular weight excluding hydrogens is 136 g/mol. The fourth-order valence-electron chi connectivity index (χ4n) is 1.58. The predicted octanol–water partition coefficient (Wildman–Crippen LogP) is 2.50. The Bertz CT molecular complexity index is 147. The summed E-state index contributed by atoms with van der Waals surface area (Å²) in [5, 5.41) is 9.22. The van der Waals surface area contributed by atoms with Crippen LogP contribution in [0.3, 0.4) is 0 Å². The van der Waals surface area contributed by atoms with E-state index in [1.807, 2.05) is 0 Å². The highest BCUT2D eigenvalue weighted by Crippen LogP contribution is 2.23. The van der Waals surface area contributed by atoms with Gasteiger partial charge in [0.1, 0.15) is 0 Å². The summed E-state index contributed by atoms with van der Waals surface area (Å²) in [4.78, 5) is 0. The van der Waals surface area contributed by atoms with Crippen LogP contribution >= 0.6 is 0 Å². The summed E-state index contributed by atoms with van der Waals surface area (Å²) in [5.74, 6) is 0.761. The first-order valence-electron chi connectivity index (χ1n) is 4.54. The first-order valence-corrected chi connectivity index (χ1v) is 4.54. The van der Waals surface area contributed by atoms with Crippen molar-refractivity contribution in [2.75, 3.05) is 0 Å². The number of aliphatic hydroxyl groups excluding tert-OH is 1. The third-order valence-electron chi connectivity index (χ3n) is 2.15. The van der Waals surface area contributed by atoms with Crippen LogP contribution < -0.4 is 0 Å². The zero-order valence-corrected chi connectivity index (χ0v) is 7.51. The average molecular weight is 154 g/mol. The van der Waals surface area contributed by atoms with E-state index in [1.54, 1.807) is 5.57 Å². The first-order chi connectivity index (χ1) is 5.18. The van der Waals surface area contributed by atoms with Gasteiger partial charge in [-0.15, -0.1) is 0 Å². The second-order valence-electron chi connectivity index (χ2n) is 3.89. The molecule has 0 radical (unpaired) electrons. The van der Waals surface area contributed by atoms with Crippen LogP contribution in [-0.4, -0.2) is 11.2 Å². The maximum atomic E-state index is 9.22. The van der Waals surface area contributed by atoms with Gasteiger partial charge in [-0.2, -0.15) is 0 Å². The number of rotatable bonds is 2. The van der Waals surface area contributed by atoms with Crippen molar-refractivity contribution in [3.05, 3.63) is 11.6 Å². The highest BCUT2D eigenvalue weighted by atomic mass is 16.3. The molecule has 0 amide bonds. The highest BCUT2D eigenvalue weighted by Gasteiger charge is 2.11. The van der Waals surface area contributed by atoms with Crippen LogP contribution in [0.4, 0.5) is 0 Å². The normalized spacial score (nSPS) is 25.5. The maximum Gasteiger partial charge on any atom is 0.0577 e. The SMILES string of the molecule is CC(C)CC1=CCC(O)CC1. The van der Waals surface area contributed by atoms with Gasteiger partial charge in [-0.05, 0) is 31.6 Å². The second-order valence-corrected chi connectivity index (χ2v) is 3.89. The van der Waals surface area contributed by atoms with Crippen molar-refractivity contribution in [3.63, 3.8) is 0 Å². The van der Waals surface area contributed by atoms with Crippen molar-refractivity contribution in [2.24, 2.45) is 5.92 Å². The van der Waals surface area contributed by atoms with Gasteiger partial charge >= 0.3 is 0 Å². The van der Waals surface area contributed by atoms with E-state index in [0.717, 1.165) is 25.2 Å². The largest absolute Gasteiger partial charge is 0.393 e. The quantitative estimate of drug-likeness (QED) is 0.606. The Morgan fingerprint density at radius 3 is 2.82 bits per heavy atom. The minimum atomic E-state index is -0.0640. The van der Waals surface area contributed by atoms with E-state index < -0.39 is 0 Å². The zero-order chi connectivity index (χ0) is 8.27. The summed E-state index contributed by atoms with van der Waals surface area (Å²) in [6.07, 6.45) is 6.33. The van der Waals surface area contributed by atoms with Crippen LogP contribution in [0.5, 0.6) is 0 Å². The molecule has 0 aliphatic heterocycles. The summed E-state index contributed by atoms with van der Waals surface area (Å²) < 4.78 is 0. The minimum Gasteiger partial charge on any atom is -0.393 e. The third-order valence-corrected chi connectivity index (χ3v) is 2.15. The molecule has 0 aromatic heterocycles. The van der Waals surface area contributed by atoms with Crippen molar-refractivity contribution in [1.29, 1.82) is 0 Å². The van der Waals surface area contributed by atoms with Crippen LogP contribution in [0.15, 0.2) is 11.6 Å². The molecule has 0 saturated carbocycles. The molecule has 1 unspecified atom stereocenters. The van der Waals surface area contributed by atoms with Gasteiger partial charge in [0.15, 0.2) is 0 Å². The lowest BCUT2D eigenvalue weighted by atomic mass is 9.91. The minimum absolute atomic E-state index is 0.0640. The molecule has 0 aromatic carbocycles. The van der Waals surface area contributed by atoms with E-state index in [-0.39, 0.29) is 6.10 Å². The van der Waals surface area contributed by atoms with Crippen LogP contribution in [0.25, 0.3) is 0 Å². The van der Waals surface area contributed by atoms with Crippen LogP contribution in [-0.2, 0) is 0 Å². The Labute approximate surface area is 69.1 Å². The van der Waals surface area contributed by atoms with E-state index in [4.69, 9.17) is 0 Å². The van der Waals surface area contributed by atoms with E-state index in [0.29, 0.717) is 0 Å². The molecule has 1 atom stereocenters. The van der Waals surface area contributed by atoms with Crippen LogP contribution in [0, 0.1) is 5.92 Å². The Morgan fingerprint density at radius 1 is 1.64 bits per heavy atom. The van der Waals surface area contributed by atoms with Crippen LogP contribution in [0.2, 0.25) is 0 Å². The third kappa shape index (κ3) is 3.06. The Kier molecular flexibility index (Phi) is 3.13. The number of hydrogen-bond donors (Lipinski definition) is 1. The van der Waals surface area contributed by atoms with Gasteiger partial charge in [0.05, 0.1) is 6.10 Å². The lowest BCUT2D eigenvalue weighted by Gasteiger charge is -2.18. The smallest absolute Gasteiger partial charge is 0.0577 e. The molecule has 0 spiro atoms. The van der Waals surface area contributed by atoms with E-state index >= 15 is 0 Å². The Balaban J connectivity index is 2.35. The molecule has 1 aliphatic carbocycles. The zero-order valence-electron chi connectivity index (χ0n) is 7.51. The molecule has 11 heavy (non-hydrogen) atoms. The van der Waals surface area contributed by atoms with E-state index in [9.17, 15) is 5.11 Å². The van der Waals surface area contributed by atoms with E-state index in [2.05, 4.69) is 19.9 Å². The molecule has 64 valence electrons. The molecule has 0 aromatic rings. The molecular formula is C10H18O. The lowest BCUT2D eigenvalue weighted by Crippen LogP contribution is -2.10. The second kappa shape index (κ2) is 3.91. The van der Waals surface area contributed by atoms with Gasteiger partial charge in [-0.25, -0.2) is 0 Å². The summed E-state index contributed by atoms with van der Waals surface area (Å²) in [6, 6.07) is 0. The van der Waals surface area contributed by atoms with Crippen molar-refractivity contribution < 1.29 is 5.11 Å². The number of hydrogen-bond acceptors (Lipinski definition) is 1. The van der Waals surface area contributed by atoms with Crippen LogP contribution in [0.1, 0.15) is 39.5 Å². The molecule has 0 fully saturated rings. The molecule has 1 N–H and O–H groups in total. The number of aliphatic hydroxyl groups is 1. The summed E-state index contributed by atoms with van der Waals surface area (Å²) in [5.41, 5.74) is 1.55. The standard InChI is InChI=1S/C10H18O/c1-8(2)7-9-3-5-10(11)6-4-9/h3,8,10-11H,4-7H2,1-2H3. The first kappa shape index (κ1) is 8.79. The average Bonchev–Trinajstić information content (AvgIpc) is 1.93. The Hall–Kier alpha value is -0.300. The monoisotopic (exact) mass is 154 g/mol. The molecule has 0 bridgehead atoms. The van der Waals surface area contributed by atoms with Gasteiger partial charge in [-0.3, -0.25) is 0 Å². The fraction of sp³-hybridized carbons (Fsp3) is 0.800. The van der Waals surface area contributed by atoms with Crippen molar-refractivity contribution in [3.8, 4) is 0 Å². The molecule has 0 heterocycles. The Morgan fingerprint density at radius 2 is 2.36 bits per heavy atom. The molecule has 1 heteroatoms. The molecule has 0 saturated heterocycles. The summed E-state index contributed by atoms with van der Waals surface area (Å²) in [7, 11) is 0. The lowest BCUT2D eigenvalue weighted by molar-refractivity contribution is 0.161. The molecule has 1 rings (SSSR count). The van der Waals surface area contributed by atoms with Gasteiger partial charge < -0.3 is 5.11 Å². The molecule has 1 nitrogen and oxygen atoms in total.